The van der Waals surface area contributed by atoms with Crippen molar-refractivity contribution in [3.63, 3.8) is 0 Å². The fraction of sp³-hybridized carbons (Fsp3) is 0.0909. The van der Waals surface area contributed by atoms with E-state index in [1.807, 2.05) is 0 Å². The normalized spacial score (nSPS) is 19.3. The van der Waals surface area contributed by atoms with Gasteiger partial charge in [-0.15, -0.1) is 0 Å². The number of furan rings is 1. The first-order valence-corrected chi connectivity index (χ1v) is 5.42. The van der Waals surface area contributed by atoms with Crippen LogP contribution in [0.5, 0.6) is 0 Å². The molecule has 0 aliphatic carbocycles. The monoisotopic (exact) mass is 235 g/mol. The Morgan fingerprint density at radius 1 is 1.44 bits per heavy atom. The number of allylic oxidation sites excluding steroid dienone is 2. The zero-order valence-electron chi connectivity index (χ0n) is 8.54. The van der Waals surface area contributed by atoms with Crippen LogP contribution in [0.3, 0.4) is 0 Å². The largest absolute Gasteiger partial charge is 0.465 e. The smallest absolute Gasteiger partial charge is 0.293 e. The summed E-state index contributed by atoms with van der Waals surface area (Å²) < 4.78 is 5.08. The van der Waals surface area contributed by atoms with E-state index in [2.05, 4.69) is 0 Å². The third kappa shape index (κ3) is 2.09. The van der Waals surface area contributed by atoms with Crippen molar-refractivity contribution in [2.45, 2.75) is 0 Å². The average molecular weight is 235 g/mol. The third-order valence-electron chi connectivity index (χ3n) is 2.04. The van der Waals surface area contributed by atoms with Crippen LogP contribution in [0.4, 0.5) is 4.79 Å². The number of imide groups is 1. The molecule has 0 atom stereocenters. The summed E-state index contributed by atoms with van der Waals surface area (Å²) in [6.07, 6.45) is 6.59. The van der Waals surface area contributed by atoms with Gasteiger partial charge in [0.15, 0.2) is 0 Å². The van der Waals surface area contributed by atoms with Gasteiger partial charge in [-0.1, -0.05) is 6.08 Å². The fourth-order valence-corrected chi connectivity index (χ4v) is 1.95. The molecule has 2 amide bonds. The first-order valence-electron chi connectivity index (χ1n) is 4.60. The van der Waals surface area contributed by atoms with E-state index in [0.717, 1.165) is 16.7 Å². The molecule has 0 unspecified atom stereocenters. The van der Waals surface area contributed by atoms with E-state index in [0.29, 0.717) is 10.7 Å². The molecule has 0 aromatic carbocycles. The topological polar surface area (TPSA) is 50.5 Å². The Balaban J connectivity index is 2.09. The maximum Gasteiger partial charge on any atom is 0.293 e. The van der Waals surface area contributed by atoms with E-state index in [4.69, 9.17) is 4.42 Å². The Kier molecular flexibility index (Phi) is 2.96. The molecule has 4 nitrogen and oxygen atoms in total. The van der Waals surface area contributed by atoms with Crippen molar-refractivity contribution in [1.82, 2.24) is 4.90 Å². The van der Waals surface area contributed by atoms with Crippen LogP contribution in [-0.4, -0.2) is 23.1 Å². The number of carbonyl (C=O) groups is 2. The average Bonchev–Trinajstić information content (AvgIpc) is 2.85. The van der Waals surface area contributed by atoms with Gasteiger partial charge in [0, 0.05) is 7.05 Å². The second-order valence-electron chi connectivity index (χ2n) is 3.14. The van der Waals surface area contributed by atoms with Gasteiger partial charge in [0.25, 0.3) is 11.1 Å². The van der Waals surface area contributed by atoms with Gasteiger partial charge < -0.3 is 4.42 Å². The van der Waals surface area contributed by atoms with Gasteiger partial charge in [-0.05, 0) is 36.0 Å². The number of amides is 2. The lowest BCUT2D eigenvalue weighted by atomic mass is 10.3. The Hall–Kier alpha value is -1.75. The summed E-state index contributed by atoms with van der Waals surface area (Å²) in [5, 5.41) is -0.248. The molecule has 1 aromatic rings. The van der Waals surface area contributed by atoms with Crippen molar-refractivity contribution in [1.29, 1.82) is 0 Å². The van der Waals surface area contributed by atoms with Crippen molar-refractivity contribution in [2.75, 3.05) is 7.05 Å². The lowest BCUT2D eigenvalue weighted by Crippen LogP contribution is -2.22. The SMILES string of the molecule is CN1C(=O)SC(=CC=Cc2ccco2)C1=O. The fourth-order valence-electron chi connectivity index (χ4n) is 1.18. The zero-order chi connectivity index (χ0) is 11.5. The minimum Gasteiger partial charge on any atom is -0.465 e. The van der Waals surface area contributed by atoms with Crippen LogP contribution >= 0.6 is 11.8 Å². The predicted molar refractivity (Wildman–Crippen MR) is 61.6 cm³/mol. The predicted octanol–water partition coefficient (Wildman–Crippen LogP) is 2.50. The maximum absolute atomic E-state index is 11.5. The Morgan fingerprint density at radius 2 is 2.25 bits per heavy atom. The van der Waals surface area contributed by atoms with Gasteiger partial charge in [0.2, 0.25) is 0 Å². The molecule has 1 saturated heterocycles. The number of thioether (sulfide) groups is 1. The molecule has 0 N–H and O–H groups in total. The molecule has 1 aromatic heterocycles. The van der Waals surface area contributed by atoms with Crippen LogP contribution in [0, 0.1) is 0 Å². The van der Waals surface area contributed by atoms with Crippen LogP contribution in [0.1, 0.15) is 5.76 Å². The molecule has 1 aliphatic heterocycles. The molecule has 0 bridgehead atoms. The summed E-state index contributed by atoms with van der Waals surface area (Å²) in [4.78, 5) is 24.2. The number of rotatable bonds is 2. The van der Waals surface area contributed by atoms with E-state index in [9.17, 15) is 9.59 Å². The van der Waals surface area contributed by atoms with Crippen LogP contribution in [0.15, 0.2) is 39.9 Å². The lowest BCUT2D eigenvalue weighted by molar-refractivity contribution is -0.121. The molecule has 5 heteroatoms. The van der Waals surface area contributed by atoms with Crippen molar-refractivity contribution in [3.05, 3.63) is 41.2 Å². The van der Waals surface area contributed by atoms with Gasteiger partial charge in [-0.3, -0.25) is 14.5 Å². The lowest BCUT2D eigenvalue weighted by Gasteiger charge is -2.00. The van der Waals surface area contributed by atoms with Crippen molar-refractivity contribution < 1.29 is 14.0 Å². The second-order valence-corrected chi connectivity index (χ2v) is 4.13. The van der Waals surface area contributed by atoms with Crippen LogP contribution in [0.2, 0.25) is 0 Å². The van der Waals surface area contributed by atoms with Crippen molar-refractivity contribution >= 4 is 29.0 Å². The number of nitrogens with zero attached hydrogens (tertiary/aromatic N) is 1. The third-order valence-corrected chi connectivity index (χ3v) is 3.02. The Labute approximate surface area is 96.6 Å². The van der Waals surface area contributed by atoms with Crippen LogP contribution in [0.25, 0.3) is 6.08 Å². The highest BCUT2D eigenvalue weighted by atomic mass is 32.2. The molecule has 1 fully saturated rings. The number of hydrogen-bond acceptors (Lipinski definition) is 4. The number of likely N-dealkylation sites (N-methyl/N-ethyl adjacent to an activating group) is 1. The molecule has 16 heavy (non-hydrogen) atoms. The molecule has 0 saturated carbocycles. The zero-order valence-corrected chi connectivity index (χ0v) is 9.36. The van der Waals surface area contributed by atoms with E-state index < -0.39 is 0 Å². The summed E-state index contributed by atoms with van der Waals surface area (Å²) >= 11 is 0.936. The minimum absolute atomic E-state index is 0.248. The Bertz CT molecular complexity index is 473. The maximum atomic E-state index is 11.5. The van der Waals surface area contributed by atoms with Crippen LogP contribution in [-0.2, 0) is 4.79 Å². The highest BCUT2D eigenvalue weighted by Crippen LogP contribution is 2.29. The van der Waals surface area contributed by atoms with Gasteiger partial charge >= 0.3 is 0 Å². The number of carbonyl (C=O) groups excluding carboxylic acids is 2. The standard InChI is InChI=1S/C11H9NO3S/c1-12-10(13)9(16-11(12)14)6-2-4-8-5-3-7-15-8/h2-7H,1H3. The summed E-state index contributed by atoms with van der Waals surface area (Å²) in [6.45, 7) is 0. The first kappa shape index (κ1) is 10.8. The highest BCUT2D eigenvalue weighted by Gasteiger charge is 2.31. The van der Waals surface area contributed by atoms with Gasteiger partial charge in [-0.2, -0.15) is 0 Å². The van der Waals surface area contributed by atoms with Gasteiger partial charge in [0.1, 0.15) is 5.76 Å². The van der Waals surface area contributed by atoms with E-state index in [1.165, 1.54) is 7.05 Å². The molecule has 1 aliphatic rings. The summed E-state index contributed by atoms with van der Waals surface area (Å²) in [5.74, 6) is 0.436. The summed E-state index contributed by atoms with van der Waals surface area (Å²) in [7, 11) is 1.47. The van der Waals surface area contributed by atoms with Gasteiger partial charge in [-0.25, -0.2) is 0 Å². The molecule has 2 rings (SSSR count). The molecular weight excluding hydrogens is 226 g/mol. The van der Waals surface area contributed by atoms with E-state index >= 15 is 0 Å². The molecule has 82 valence electrons. The Morgan fingerprint density at radius 3 is 2.81 bits per heavy atom. The molecular formula is C11H9NO3S. The van der Waals surface area contributed by atoms with E-state index in [1.54, 1.807) is 36.6 Å². The van der Waals surface area contributed by atoms with Crippen molar-refractivity contribution in [2.24, 2.45) is 0 Å². The second kappa shape index (κ2) is 4.40. The quantitative estimate of drug-likeness (QED) is 0.739. The van der Waals surface area contributed by atoms with Crippen molar-refractivity contribution in [3.8, 4) is 0 Å². The highest BCUT2D eigenvalue weighted by molar-refractivity contribution is 8.18. The molecule has 0 spiro atoms. The first-order chi connectivity index (χ1) is 7.68. The molecule has 2 heterocycles. The minimum atomic E-state index is -0.265. The van der Waals surface area contributed by atoms with E-state index in [-0.39, 0.29) is 11.1 Å². The molecule has 0 radical (unpaired) electrons. The van der Waals surface area contributed by atoms with Gasteiger partial charge in [0.05, 0.1) is 11.2 Å². The van der Waals surface area contributed by atoms with Crippen LogP contribution < -0.4 is 0 Å². The number of hydrogen-bond donors (Lipinski definition) is 0. The summed E-state index contributed by atoms with van der Waals surface area (Å²) in [6, 6.07) is 3.58. The summed E-state index contributed by atoms with van der Waals surface area (Å²) in [5.41, 5.74) is 0.